The molecule has 0 radical (unpaired) electrons. The molecule has 21 heavy (non-hydrogen) atoms. The van der Waals surface area contributed by atoms with Crippen molar-refractivity contribution in [3.8, 4) is 0 Å². The molecule has 1 rings (SSSR count). The van der Waals surface area contributed by atoms with E-state index in [1.807, 2.05) is 6.92 Å². The smallest absolute Gasteiger partial charge is 0.220 e. The molecule has 0 aromatic carbocycles. The Kier molecular flexibility index (Phi) is 8.58. The lowest BCUT2D eigenvalue weighted by molar-refractivity contribution is -0.133. The standard InChI is InChI=1S/C17H31NO3/c1-3-4-5-6-7-10-15(19)13(2)17(21)14-9-8-11-18-16(20)12-14/h13-15,19H,3-12H2,1-2H3,(H,18,20)/t13-,14-,15+/m0/s1. The maximum absolute atomic E-state index is 12.4. The molecule has 0 aromatic heterocycles. The second kappa shape index (κ2) is 9.93. The number of carbonyl (C=O) groups is 2. The van der Waals surface area contributed by atoms with Gasteiger partial charge in [-0.25, -0.2) is 0 Å². The molecule has 4 nitrogen and oxygen atoms in total. The molecule has 1 aliphatic heterocycles. The molecular formula is C17H31NO3. The highest BCUT2D eigenvalue weighted by molar-refractivity contribution is 5.89. The molecule has 1 heterocycles. The number of nitrogens with one attached hydrogen (secondary N) is 1. The molecule has 0 bridgehead atoms. The van der Waals surface area contributed by atoms with Crippen LogP contribution in [0.3, 0.4) is 0 Å². The molecule has 0 spiro atoms. The summed E-state index contributed by atoms with van der Waals surface area (Å²) in [7, 11) is 0. The van der Waals surface area contributed by atoms with Gasteiger partial charge in [0.05, 0.1) is 6.10 Å². The van der Waals surface area contributed by atoms with Crippen molar-refractivity contribution in [2.75, 3.05) is 6.54 Å². The molecule has 4 heteroatoms. The molecule has 1 aliphatic rings. The molecule has 2 N–H and O–H groups in total. The van der Waals surface area contributed by atoms with Crippen molar-refractivity contribution in [3.63, 3.8) is 0 Å². The van der Waals surface area contributed by atoms with E-state index in [1.165, 1.54) is 19.3 Å². The normalized spacial score (nSPS) is 22.2. The SMILES string of the molecule is CCCCCCC[C@@H](O)[C@H](C)C(=O)[C@H]1CCCNC(=O)C1. The van der Waals surface area contributed by atoms with E-state index in [0.29, 0.717) is 13.0 Å². The van der Waals surface area contributed by atoms with Gasteiger partial charge < -0.3 is 10.4 Å². The van der Waals surface area contributed by atoms with Crippen LogP contribution in [0.2, 0.25) is 0 Å². The van der Waals surface area contributed by atoms with Crippen molar-refractivity contribution >= 4 is 11.7 Å². The zero-order valence-electron chi connectivity index (χ0n) is 13.6. The van der Waals surface area contributed by atoms with Gasteiger partial charge in [0.15, 0.2) is 0 Å². The van der Waals surface area contributed by atoms with Crippen molar-refractivity contribution < 1.29 is 14.7 Å². The van der Waals surface area contributed by atoms with E-state index >= 15 is 0 Å². The summed E-state index contributed by atoms with van der Waals surface area (Å²) in [4.78, 5) is 24.0. The van der Waals surface area contributed by atoms with Crippen molar-refractivity contribution in [1.82, 2.24) is 5.32 Å². The van der Waals surface area contributed by atoms with Crippen LogP contribution in [0.15, 0.2) is 0 Å². The number of aliphatic hydroxyl groups is 1. The van der Waals surface area contributed by atoms with Gasteiger partial charge in [0, 0.05) is 24.8 Å². The lowest BCUT2D eigenvalue weighted by atomic mass is 9.84. The second-order valence-electron chi connectivity index (χ2n) is 6.35. The average molecular weight is 297 g/mol. The third-order valence-electron chi connectivity index (χ3n) is 4.52. The van der Waals surface area contributed by atoms with Crippen LogP contribution in [-0.4, -0.2) is 29.4 Å². The third kappa shape index (κ3) is 6.60. The number of Topliss-reactive ketones (excluding diaryl/α,β-unsaturated/α-hetero) is 1. The van der Waals surface area contributed by atoms with Gasteiger partial charge >= 0.3 is 0 Å². The van der Waals surface area contributed by atoms with Crippen LogP contribution in [0.5, 0.6) is 0 Å². The maximum atomic E-state index is 12.4. The topological polar surface area (TPSA) is 66.4 Å². The van der Waals surface area contributed by atoms with Gasteiger partial charge in [0.1, 0.15) is 5.78 Å². The lowest BCUT2D eigenvalue weighted by Crippen LogP contribution is -2.32. The summed E-state index contributed by atoms with van der Waals surface area (Å²) >= 11 is 0. The molecule has 1 saturated heterocycles. The number of amides is 1. The van der Waals surface area contributed by atoms with Crippen LogP contribution >= 0.6 is 0 Å². The minimum atomic E-state index is -0.564. The van der Waals surface area contributed by atoms with Crippen LogP contribution in [0, 0.1) is 11.8 Å². The predicted octanol–water partition coefficient (Wildman–Crippen LogP) is 2.83. The average Bonchev–Trinajstić information content (AvgIpc) is 2.69. The Morgan fingerprint density at radius 3 is 2.76 bits per heavy atom. The molecule has 0 unspecified atom stereocenters. The fraction of sp³-hybridized carbons (Fsp3) is 0.882. The number of hydrogen-bond donors (Lipinski definition) is 2. The largest absolute Gasteiger partial charge is 0.392 e. The monoisotopic (exact) mass is 297 g/mol. The quantitative estimate of drug-likeness (QED) is 0.643. The number of rotatable bonds is 9. The maximum Gasteiger partial charge on any atom is 0.220 e. The predicted molar refractivity (Wildman–Crippen MR) is 83.9 cm³/mol. The lowest BCUT2D eigenvalue weighted by Gasteiger charge is -2.22. The molecule has 0 aromatic rings. The summed E-state index contributed by atoms with van der Waals surface area (Å²) in [6.07, 6.45) is 7.76. The van der Waals surface area contributed by atoms with Crippen molar-refractivity contribution in [3.05, 3.63) is 0 Å². The van der Waals surface area contributed by atoms with Crippen LogP contribution < -0.4 is 5.32 Å². The van der Waals surface area contributed by atoms with E-state index in [4.69, 9.17) is 0 Å². The Morgan fingerprint density at radius 2 is 2.05 bits per heavy atom. The number of ketones is 1. The Hall–Kier alpha value is -0.900. The summed E-state index contributed by atoms with van der Waals surface area (Å²) in [5.74, 6) is -0.537. The highest BCUT2D eigenvalue weighted by Gasteiger charge is 2.30. The van der Waals surface area contributed by atoms with Crippen LogP contribution in [0.1, 0.15) is 71.6 Å². The summed E-state index contributed by atoms with van der Waals surface area (Å²) in [5, 5.41) is 13.0. The van der Waals surface area contributed by atoms with Crippen LogP contribution in [0.25, 0.3) is 0 Å². The van der Waals surface area contributed by atoms with Gasteiger partial charge in [-0.15, -0.1) is 0 Å². The van der Waals surface area contributed by atoms with Crippen LogP contribution in [0.4, 0.5) is 0 Å². The van der Waals surface area contributed by atoms with E-state index in [1.54, 1.807) is 0 Å². The summed E-state index contributed by atoms with van der Waals surface area (Å²) in [6, 6.07) is 0. The van der Waals surface area contributed by atoms with Crippen molar-refractivity contribution in [2.24, 2.45) is 11.8 Å². The minimum Gasteiger partial charge on any atom is -0.392 e. The van der Waals surface area contributed by atoms with Gasteiger partial charge in [-0.2, -0.15) is 0 Å². The Bertz CT molecular complexity index is 330. The Morgan fingerprint density at radius 1 is 1.33 bits per heavy atom. The molecule has 3 atom stereocenters. The molecule has 0 saturated carbocycles. The first-order valence-corrected chi connectivity index (χ1v) is 8.54. The first-order chi connectivity index (χ1) is 10.1. The highest BCUT2D eigenvalue weighted by atomic mass is 16.3. The van der Waals surface area contributed by atoms with Gasteiger partial charge in [-0.3, -0.25) is 9.59 Å². The van der Waals surface area contributed by atoms with Gasteiger partial charge in [0.2, 0.25) is 5.91 Å². The molecule has 122 valence electrons. The second-order valence-corrected chi connectivity index (χ2v) is 6.35. The number of aliphatic hydroxyl groups excluding tert-OH is 1. The first-order valence-electron chi connectivity index (χ1n) is 8.54. The van der Waals surface area contributed by atoms with E-state index in [-0.39, 0.29) is 29.9 Å². The number of hydrogen-bond acceptors (Lipinski definition) is 3. The molecule has 0 aliphatic carbocycles. The Labute approximate surface area is 128 Å². The van der Waals surface area contributed by atoms with Gasteiger partial charge in [-0.1, -0.05) is 46.0 Å². The van der Waals surface area contributed by atoms with Gasteiger partial charge in [-0.05, 0) is 19.3 Å². The van der Waals surface area contributed by atoms with Crippen molar-refractivity contribution in [1.29, 1.82) is 0 Å². The van der Waals surface area contributed by atoms with Crippen LogP contribution in [-0.2, 0) is 9.59 Å². The van der Waals surface area contributed by atoms with Crippen molar-refractivity contribution in [2.45, 2.75) is 77.7 Å². The third-order valence-corrected chi connectivity index (χ3v) is 4.52. The Balaban J connectivity index is 2.35. The zero-order valence-corrected chi connectivity index (χ0v) is 13.6. The summed E-state index contributed by atoms with van der Waals surface area (Å²) in [5.41, 5.74) is 0. The molecule has 1 amide bonds. The number of carbonyl (C=O) groups excluding carboxylic acids is 2. The fourth-order valence-corrected chi connectivity index (χ4v) is 2.99. The highest BCUT2D eigenvalue weighted by Crippen LogP contribution is 2.23. The fourth-order valence-electron chi connectivity index (χ4n) is 2.99. The molecule has 1 fully saturated rings. The minimum absolute atomic E-state index is 0.0351. The van der Waals surface area contributed by atoms with Gasteiger partial charge in [0.25, 0.3) is 0 Å². The first kappa shape index (κ1) is 18.1. The summed E-state index contributed by atoms with van der Waals surface area (Å²) in [6.45, 7) is 4.65. The van der Waals surface area contributed by atoms with E-state index in [9.17, 15) is 14.7 Å². The van der Waals surface area contributed by atoms with E-state index < -0.39 is 6.10 Å². The van der Waals surface area contributed by atoms with E-state index in [0.717, 1.165) is 25.7 Å². The zero-order chi connectivity index (χ0) is 15.7. The van der Waals surface area contributed by atoms with E-state index in [2.05, 4.69) is 12.2 Å². The molecular weight excluding hydrogens is 266 g/mol. The number of unbranched alkanes of at least 4 members (excludes halogenated alkanes) is 4. The summed E-state index contributed by atoms with van der Waals surface area (Å²) < 4.78 is 0.